The molecule has 0 aliphatic heterocycles. The van der Waals surface area contributed by atoms with Crippen molar-refractivity contribution in [1.82, 2.24) is 4.98 Å². The summed E-state index contributed by atoms with van der Waals surface area (Å²) in [6.45, 7) is 6.23. The molecule has 17 heavy (non-hydrogen) atoms. The lowest BCUT2D eigenvalue weighted by Crippen LogP contribution is -1.90. The Bertz CT molecular complexity index is 450. The highest BCUT2D eigenvalue weighted by molar-refractivity contribution is 5.51. The van der Waals surface area contributed by atoms with Gasteiger partial charge in [-0.05, 0) is 44.0 Å². The SMILES string of the molecule is CNc1ccc(C)cc1C.Cc1cccnc1. The van der Waals surface area contributed by atoms with E-state index < -0.39 is 0 Å². The van der Waals surface area contributed by atoms with Crippen molar-refractivity contribution >= 4 is 5.69 Å². The first-order chi connectivity index (χ1) is 8.13. The van der Waals surface area contributed by atoms with Crippen LogP contribution in [0.1, 0.15) is 16.7 Å². The summed E-state index contributed by atoms with van der Waals surface area (Å²) in [6.07, 6.45) is 3.60. The Labute approximate surface area is 104 Å². The van der Waals surface area contributed by atoms with Crippen molar-refractivity contribution in [3.8, 4) is 0 Å². The summed E-state index contributed by atoms with van der Waals surface area (Å²) in [7, 11) is 1.94. The lowest BCUT2D eigenvalue weighted by Gasteiger charge is -2.04. The van der Waals surface area contributed by atoms with Crippen LogP contribution in [-0.4, -0.2) is 12.0 Å². The van der Waals surface area contributed by atoms with Gasteiger partial charge in [-0.2, -0.15) is 0 Å². The van der Waals surface area contributed by atoms with Gasteiger partial charge >= 0.3 is 0 Å². The van der Waals surface area contributed by atoms with Gasteiger partial charge in [-0.3, -0.25) is 4.98 Å². The van der Waals surface area contributed by atoms with E-state index >= 15 is 0 Å². The van der Waals surface area contributed by atoms with Crippen LogP contribution in [0.2, 0.25) is 0 Å². The molecule has 0 atom stereocenters. The van der Waals surface area contributed by atoms with Crippen LogP contribution in [-0.2, 0) is 0 Å². The molecule has 0 spiro atoms. The standard InChI is InChI=1S/C9H13N.C6H7N/c1-7-4-5-9(10-3)8(2)6-7;1-6-3-2-4-7-5-6/h4-6,10H,1-3H3;2-5H,1H3. The van der Waals surface area contributed by atoms with E-state index in [1.54, 1.807) is 6.20 Å². The van der Waals surface area contributed by atoms with Gasteiger partial charge in [0.05, 0.1) is 0 Å². The zero-order valence-corrected chi connectivity index (χ0v) is 11.0. The second kappa shape index (κ2) is 6.69. The summed E-state index contributed by atoms with van der Waals surface area (Å²) >= 11 is 0. The molecule has 0 aliphatic carbocycles. The van der Waals surface area contributed by atoms with E-state index in [0.29, 0.717) is 0 Å². The van der Waals surface area contributed by atoms with Gasteiger partial charge in [0.1, 0.15) is 0 Å². The molecule has 0 saturated heterocycles. The number of rotatable bonds is 1. The van der Waals surface area contributed by atoms with Crippen LogP contribution >= 0.6 is 0 Å². The number of aromatic nitrogens is 1. The highest BCUT2D eigenvalue weighted by atomic mass is 14.8. The number of nitrogens with one attached hydrogen (secondary N) is 1. The van der Waals surface area contributed by atoms with Crippen LogP contribution < -0.4 is 5.32 Å². The number of benzene rings is 1. The van der Waals surface area contributed by atoms with Gasteiger partial charge in [0.2, 0.25) is 0 Å². The minimum Gasteiger partial charge on any atom is -0.388 e. The molecular formula is C15H20N2. The second-order valence-corrected chi connectivity index (χ2v) is 4.10. The van der Waals surface area contributed by atoms with E-state index in [0.717, 1.165) is 0 Å². The van der Waals surface area contributed by atoms with Crippen molar-refractivity contribution < 1.29 is 0 Å². The van der Waals surface area contributed by atoms with Gasteiger partial charge in [-0.15, -0.1) is 0 Å². The largest absolute Gasteiger partial charge is 0.388 e. The zero-order valence-electron chi connectivity index (χ0n) is 11.0. The van der Waals surface area contributed by atoms with Crippen molar-refractivity contribution in [1.29, 1.82) is 0 Å². The molecule has 0 amide bonds. The van der Waals surface area contributed by atoms with E-state index in [9.17, 15) is 0 Å². The Balaban J connectivity index is 0.000000181. The fourth-order valence-corrected chi connectivity index (χ4v) is 1.54. The molecule has 0 saturated carbocycles. The molecule has 0 aliphatic rings. The van der Waals surface area contributed by atoms with E-state index in [4.69, 9.17) is 0 Å². The molecule has 2 heteroatoms. The van der Waals surface area contributed by atoms with Gasteiger partial charge in [-0.1, -0.05) is 23.8 Å². The van der Waals surface area contributed by atoms with Crippen molar-refractivity contribution in [2.75, 3.05) is 12.4 Å². The van der Waals surface area contributed by atoms with Gasteiger partial charge in [0.25, 0.3) is 0 Å². The van der Waals surface area contributed by atoms with E-state index in [1.807, 2.05) is 32.3 Å². The lowest BCUT2D eigenvalue weighted by atomic mass is 10.1. The first kappa shape index (κ1) is 13.2. The quantitative estimate of drug-likeness (QED) is 0.804. The summed E-state index contributed by atoms with van der Waals surface area (Å²) in [6, 6.07) is 10.3. The number of hydrogen-bond acceptors (Lipinski definition) is 2. The number of nitrogens with zero attached hydrogens (tertiary/aromatic N) is 1. The molecule has 0 radical (unpaired) electrons. The Hall–Kier alpha value is -1.83. The lowest BCUT2D eigenvalue weighted by molar-refractivity contribution is 1.27. The average Bonchev–Trinajstić information content (AvgIpc) is 2.31. The predicted molar refractivity (Wildman–Crippen MR) is 74.4 cm³/mol. The maximum Gasteiger partial charge on any atom is 0.0367 e. The van der Waals surface area contributed by atoms with Crippen molar-refractivity contribution in [2.45, 2.75) is 20.8 Å². The first-order valence-corrected chi connectivity index (χ1v) is 5.75. The minimum atomic E-state index is 1.21. The van der Waals surface area contributed by atoms with Crippen molar-refractivity contribution in [2.24, 2.45) is 0 Å². The van der Waals surface area contributed by atoms with Gasteiger partial charge in [-0.25, -0.2) is 0 Å². The molecule has 1 N–H and O–H groups in total. The molecule has 1 heterocycles. The van der Waals surface area contributed by atoms with Crippen molar-refractivity contribution in [3.05, 3.63) is 59.4 Å². The topological polar surface area (TPSA) is 24.9 Å². The van der Waals surface area contributed by atoms with Gasteiger partial charge in [0, 0.05) is 25.1 Å². The Morgan fingerprint density at radius 3 is 2.18 bits per heavy atom. The van der Waals surface area contributed by atoms with Gasteiger partial charge in [0.15, 0.2) is 0 Å². The van der Waals surface area contributed by atoms with Gasteiger partial charge < -0.3 is 5.32 Å². The molecule has 0 bridgehead atoms. The molecule has 90 valence electrons. The molecular weight excluding hydrogens is 208 g/mol. The number of aryl methyl sites for hydroxylation is 3. The molecule has 1 aromatic heterocycles. The monoisotopic (exact) mass is 228 g/mol. The molecule has 0 unspecified atom stereocenters. The maximum atomic E-state index is 3.88. The van der Waals surface area contributed by atoms with E-state index in [1.165, 1.54) is 22.4 Å². The first-order valence-electron chi connectivity index (χ1n) is 5.75. The number of anilines is 1. The summed E-state index contributed by atoms with van der Waals surface area (Å²) in [4.78, 5) is 3.88. The summed E-state index contributed by atoms with van der Waals surface area (Å²) in [5, 5.41) is 3.12. The van der Waals surface area contributed by atoms with E-state index in [2.05, 4.69) is 42.3 Å². The summed E-state index contributed by atoms with van der Waals surface area (Å²) < 4.78 is 0. The predicted octanol–water partition coefficient (Wildman–Crippen LogP) is 3.74. The molecule has 2 rings (SSSR count). The highest BCUT2D eigenvalue weighted by Gasteiger charge is 1.92. The van der Waals surface area contributed by atoms with Crippen LogP contribution in [0, 0.1) is 20.8 Å². The minimum absolute atomic E-state index is 1.21. The number of hydrogen-bond donors (Lipinski definition) is 1. The maximum absolute atomic E-state index is 3.88. The average molecular weight is 228 g/mol. The molecule has 2 aromatic rings. The zero-order chi connectivity index (χ0) is 12.7. The third-order valence-electron chi connectivity index (χ3n) is 2.46. The third-order valence-corrected chi connectivity index (χ3v) is 2.46. The summed E-state index contributed by atoms with van der Waals surface area (Å²) in [5.74, 6) is 0. The van der Waals surface area contributed by atoms with E-state index in [-0.39, 0.29) is 0 Å². The summed E-state index contributed by atoms with van der Waals surface area (Å²) in [5.41, 5.74) is 5.05. The van der Waals surface area contributed by atoms with Crippen LogP contribution in [0.4, 0.5) is 5.69 Å². The smallest absolute Gasteiger partial charge is 0.0367 e. The van der Waals surface area contributed by atoms with Crippen LogP contribution in [0.25, 0.3) is 0 Å². The fourth-order valence-electron chi connectivity index (χ4n) is 1.54. The normalized spacial score (nSPS) is 9.18. The molecule has 2 nitrogen and oxygen atoms in total. The van der Waals surface area contributed by atoms with Crippen LogP contribution in [0.3, 0.4) is 0 Å². The van der Waals surface area contributed by atoms with Crippen LogP contribution in [0.5, 0.6) is 0 Å². The fraction of sp³-hybridized carbons (Fsp3) is 0.267. The second-order valence-electron chi connectivity index (χ2n) is 4.10. The highest BCUT2D eigenvalue weighted by Crippen LogP contribution is 2.14. The van der Waals surface area contributed by atoms with Crippen molar-refractivity contribution in [3.63, 3.8) is 0 Å². The molecule has 0 fully saturated rings. The number of pyridine rings is 1. The Kier molecular flexibility index (Phi) is 5.21. The van der Waals surface area contributed by atoms with Crippen LogP contribution in [0.15, 0.2) is 42.7 Å². The Morgan fingerprint density at radius 2 is 1.76 bits per heavy atom. The molecule has 1 aromatic carbocycles. The Morgan fingerprint density at radius 1 is 1.00 bits per heavy atom. The third kappa shape index (κ3) is 4.68.